The number of likely N-dealkylation sites (tertiary alicyclic amines) is 1. The Morgan fingerprint density at radius 2 is 2.11 bits per heavy atom. The maximum Gasteiger partial charge on any atom is 0.256 e. The van der Waals surface area contributed by atoms with Gasteiger partial charge < -0.3 is 16.4 Å². The molecule has 1 heterocycles. The van der Waals surface area contributed by atoms with Crippen molar-refractivity contribution in [2.75, 3.05) is 18.8 Å². The van der Waals surface area contributed by atoms with Crippen molar-refractivity contribution >= 4 is 17.5 Å². The van der Waals surface area contributed by atoms with E-state index in [9.17, 15) is 9.59 Å². The molecule has 1 atom stereocenters. The number of piperidine rings is 1. The van der Waals surface area contributed by atoms with Gasteiger partial charge in [-0.25, -0.2) is 0 Å². The largest absolute Gasteiger partial charge is 0.398 e. The Labute approximate surface area is 112 Å². The van der Waals surface area contributed by atoms with Crippen molar-refractivity contribution in [3.8, 4) is 0 Å². The molecule has 5 nitrogen and oxygen atoms in total. The van der Waals surface area contributed by atoms with Gasteiger partial charge in [-0.05, 0) is 31.4 Å². The van der Waals surface area contributed by atoms with Gasteiger partial charge in [0.2, 0.25) is 5.91 Å². The predicted octanol–water partition coefficient (Wildman–Crippen LogP) is 0.915. The molecule has 2 rings (SSSR count). The summed E-state index contributed by atoms with van der Waals surface area (Å²) in [6.07, 6.45) is 1.55. The number of aryl methyl sites for hydroxylation is 1. The number of rotatable bonds is 2. The lowest BCUT2D eigenvalue weighted by molar-refractivity contribution is -0.123. The Balaban J connectivity index is 2.22. The lowest BCUT2D eigenvalue weighted by atomic mass is 9.96. The highest BCUT2D eigenvalue weighted by atomic mass is 16.2. The van der Waals surface area contributed by atoms with Gasteiger partial charge in [-0.15, -0.1) is 0 Å². The van der Waals surface area contributed by atoms with Crippen molar-refractivity contribution in [3.05, 3.63) is 29.3 Å². The van der Waals surface area contributed by atoms with Crippen LogP contribution in [0, 0.1) is 12.8 Å². The highest BCUT2D eigenvalue weighted by Crippen LogP contribution is 2.23. The zero-order valence-corrected chi connectivity index (χ0v) is 11.1. The van der Waals surface area contributed by atoms with Crippen LogP contribution in [-0.2, 0) is 4.79 Å². The van der Waals surface area contributed by atoms with Gasteiger partial charge in [-0.1, -0.05) is 12.1 Å². The van der Waals surface area contributed by atoms with Crippen molar-refractivity contribution in [3.63, 3.8) is 0 Å². The van der Waals surface area contributed by atoms with E-state index in [1.54, 1.807) is 11.0 Å². The number of amides is 2. The summed E-state index contributed by atoms with van der Waals surface area (Å²) in [5, 5.41) is 0. The number of primary amides is 1. The Bertz CT molecular complexity index is 493. The zero-order valence-electron chi connectivity index (χ0n) is 11.1. The molecule has 0 aliphatic carbocycles. The molecule has 0 radical (unpaired) electrons. The first kappa shape index (κ1) is 13.4. The fourth-order valence-electron chi connectivity index (χ4n) is 2.53. The summed E-state index contributed by atoms with van der Waals surface area (Å²) in [4.78, 5) is 25.4. The first-order valence-electron chi connectivity index (χ1n) is 6.44. The van der Waals surface area contributed by atoms with Gasteiger partial charge in [-0.3, -0.25) is 9.59 Å². The zero-order chi connectivity index (χ0) is 14.0. The van der Waals surface area contributed by atoms with Gasteiger partial charge in [-0.2, -0.15) is 0 Å². The van der Waals surface area contributed by atoms with E-state index in [2.05, 4.69) is 0 Å². The molecule has 1 aromatic rings. The van der Waals surface area contributed by atoms with Crippen molar-refractivity contribution in [1.29, 1.82) is 0 Å². The normalized spacial score (nSPS) is 19.2. The number of nitrogens with two attached hydrogens (primary N) is 2. The molecule has 1 aliphatic heterocycles. The average molecular weight is 261 g/mol. The number of carbonyl (C=O) groups excluding carboxylic acids is 2. The smallest absolute Gasteiger partial charge is 0.256 e. The first-order valence-corrected chi connectivity index (χ1v) is 6.44. The third-order valence-corrected chi connectivity index (χ3v) is 3.63. The maximum absolute atomic E-state index is 12.5. The number of hydrogen-bond acceptors (Lipinski definition) is 3. The first-order chi connectivity index (χ1) is 9.00. The molecule has 1 aliphatic rings. The summed E-state index contributed by atoms with van der Waals surface area (Å²) in [6.45, 7) is 2.90. The van der Waals surface area contributed by atoms with Crippen molar-refractivity contribution in [2.45, 2.75) is 19.8 Å². The van der Waals surface area contributed by atoms with Crippen LogP contribution in [0.3, 0.4) is 0 Å². The molecule has 1 fully saturated rings. The number of nitrogens with zero attached hydrogens (tertiary/aromatic N) is 1. The van der Waals surface area contributed by atoms with E-state index in [4.69, 9.17) is 11.5 Å². The minimum absolute atomic E-state index is 0.110. The van der Waals surface area contributed by atoms with Crippen molar-refractivity contribution in [1.82, 2.24) is 4.90 Å². The molecule has 0 bridgehead atoms. The van der Waals surface area contributed by atoms with E-state index in [-0.39, 0.29) is 17.7 Å². The van der Waals surface area contributed by atoms with Crippen LogP contribution in [0.4, 0.5) is 5.69 Å². The lowest BCUT2D eigenvalue weighted by Gasteiger charge is -2.31. The van der Waals surface area contributed by atoms with Crippen LogP contribution in [-0.4, -0.2) is 29.8 Å². The number of anilines is 1. The Kier molecular flexibility index (Phi) is 3.74. The molecule has 102 valence electrons. The Morgan fingerprint density at radius 1 is 1.37 bits per heavy atom. The van der Waals surface area contributed by atoms with Crippen molar-refractivity contribution in [2.24, 2.45) is 11.7 Å². The molecular formula is C14H19N3O2. The highest BCUT2D eigenvalue weighted by molar-refractivity contribution is 6.00. The van der Waals surface area contributed by atoms with Gasteiger partial charge in [0.1, 0.15) is 0 Å². The van der Waals surface area contributed by atoms with Gasteiger partial charge in [0.05, 0.1) is 11.5 Å². The number of benzene rings is 1. The summed E-state index contributed by atoms with van der Waals surface area (Å²) >= 11 is 0. The van der Waals surface area contributed by atoms with Crippen LogP contribution in [0.15, 0.2) is 18.2 Å². The molecule has 19 heavy (non-hydrogen) atoms. The molecule has 2 amide bonds. The monoisotopic (exact) mass is 261 g/mol. The fraction of sp³-hybridized carbons (Fsp3) is 0.429. The second kappa shape index (κ2) is 5.30. The van der Waals surface area contributed by atoms with Gasteiger partial charge in [0.15, 0.2) is 0 Å². The second-order valence-electron chi connectivity index (χ2n) is 5.03. The average Bonchev–Trinajstić information content (AvgIpc) is 2.38. The third-order valence-electron chi connectivity index (χ3n) is 3.63. The number of carbonyl (C=O) groups is 2. The topological polar surface area (TPSA) is 89.4 Å². The Morgan fingerprint density at radius 3 is 2.74 bits per heavy atom. The van der Waals surface area contributed by atoms with E-state index in [0.717, 1.165) is 18.4 Å². The molecule has 1 aromatic carbocycles. The van der Waals surface area contributed by atoms with Crippen LogP contribution in [0.2, 0.25) is 0 Å². The third kappa shape index (κ3) is 2.70. The van der Waals surface area contributed by atoms with E-state index < -0.39 is 0 Å². The summed E-state index contributed by atoms with van der Waals surface area (Å²) in [6, 6.07) is 5.40. The lowest BCUT2D eigenvalue weighted by Crippen LogP contribution is -2.44. The number of hydrogen-bond donors (Lipinski definition) is 2. The highest BCUT2D eigenvalue weighted by Gasteiger charge is 2.28. The molecule has 4 N–H and O–H groups in total. The van der Waals surface area contributed by atoms with Gasteiger partial charge in [0.25, 0.3) is 5.91 Å². The molecule has 1 unspecified atom stereocenters. The quantitative estimate of drug-likeness (QED) is 0.775. The number of nitrogen functional groups attached to an aromatic ring is 1. The van der Waals surface area contributed by atoms with Gasteiger partial charge in [0, 0.05) is 18.8 Å². The summed E-state index contributed by atoms with van der Waals surface area (Å²) in [7, 11) is 0. The summed E-state index contributed by atoms with van der Waals surface area (Å²) in [5.74, 6) is -0.695. The summed E-state index contributed by atoms with van der Waals surface area (Å²) in [5.41, 5.74) is 13.1. The molecule has 0 aromatic heterocycles. The van der Waals surface area contributed by atoms with E-state index in [0.29, 0.717) is 24.3 Å². The van der Waals surface area contributed by atoms with Crippen LogP contribution in [0.25, 0.3) is 0 Å². The summed E-state index contributed by atoms with van der Waals surface area (Å²) < 4.78 is 0. The van der Waals surface area contributed by atoms with E-state index >= 15 is 0 Å². The van der Waals surface area contributed by atoms with Crippen LogP contribution in [0.5, 0.6) is 0 Å². The van der Waals surface area contributed by atoms with E-state index in [1.165, 1.54) is 0 Å². The second-order valence-corrected chi connectivity index (χ2v) is 5.03. The SMILES string of the molecule is Cc1cccc(N)c1C(=O)N1CCCC(C(N)=O)C1. The molecule has 5 heteroatoms. The van der Waals surface area contributed by atoms with Crippen molar-refractivity contribution < 1.29 is 9.59 Å². The molecule has 0 saturated carbocycles. The van der Waals surface area contributed by atoms with Crippen LogP contribution >= 0.6 is 0 Å². The predicted molar refractivity (Wildman–Crippen MR) is 73.4 cm³/mol. The molecule has 0 spiro atoms. The minimum atomic E-state index is -0.338. The van der Waals surface area contributed by atoms with Gasteiger partial charge >= 0.3 is 0 Å². The van der Waals surface area contributed by atoms with Crippen LogP contribution in [0.1, 0.15) is 28.8 Å². The fourth-order valence-corrected chi connectivity index (χ4v) is 2.53. The van der Waals surface area contributed by atoms with Crippen LogP contribution < -0.4 is 11.5 Å². The molecule has 1 saturated heterocycles. The standard InChI is InChI=1S/C14H19N3O2/c1-9-4-2-6-11(15)12(9)14(19)17-7-3-5-10(8-17)13(16)18/h2,4,6,10H,3,5,7-8,15H2,1H3,(H2,16,18). The minimum Gasteiger partial charge on any atom is -0.398 e. The molecular weight excluding hydrogens is 242 g/mol. The Hall–Kier alpha value is -2.04. The van der Waals surface area contributed by atoms with E-state index in [1.807, 2.05) is 19.1 Å². The maximum atomic E-state index is 12.5.